The molecule has 2 fully saturated rings. The molecule has 2 saturated heterocycles. The van der Waals surface area contributed by atoms with Gasteiger partial charge in [-0.25, -0.2) is 4.79 Å². The molecule has 0 saturated carbocycles. The SMILES string of the molecule is O=C1OCCN1c1cccc(NC2CCSC2)c1. The maximum absolute atomic E-state index is 11.5. The third-order valence-electron chi connectivity index (χ3n) is 3.22. The van der Waals surface area contributed by atoms with Crippen LogP contribution in [0, 0.1) is 0 Å². The van der Waals surface area contributed by atoms with E-state index in [9.17, 15) is 4.79 Å². The monoisotopic (exact) mass is 264 g/mol. The first-order chi connectivity index (χ1) is 8.83. The molecule has 4 nitrogen and oxygen atoms in total. The molecule has 5 heteroatoms. The zero-order valence-corrected chi connectivity index (χ0v) is 10.9. The van der Waals surface area contributed by atoms with E-state index in [0.717, 1.165) is 17.1 Å². The van der Waals surface area contributed by atoms with Crippen LogP contribution >= 0.6 is 11.8 Å². The zero-order valence-electron chi connectivity index (χ0n) is 10.1. The van der Waals surface area contributed by atoms with Crippen molar-refractivity contribution in [3.05, 3.63) is 24.3 Å². The van der Waals surface area contributed by atoms with E-state index >= 15 is 0 Å². The number of nitrogens with one attached hydrogen (secondary N) is 1. The van der Waals surface area contributed by atoms with Gasteiger partial charge in [-0.3, -0.25) is 4.90 Å². The molecule has 3 rings (SSSR count). The molecule has 1 aromatic carbocycles. The number of ether oxygens (including phenoxy) is 1. The second kappa shape index (κ2) is 5.10. The summed E-state index contributed by atoms with van der Waals surface area (Å²) in [7, 11) is 0. The summed E-state index contributed by atoms with van der Waals surface area (Å²) in [5, 5.41) is 3.52. The summed E-state index contributed by atoms with van der Waals surface area (Å²) >= 11 is 1.98. The summed E-state index contributed by atoms with van der Waals surface area (Å²) in [5.41, 5.74) is 1.99. The van der Waals surface area contributed by atoms with Gasteiger partial charge in [0.15, 0.2) is 0 Å². The Hall–Kier alpha value is -1.36. The molecule has 1 aromatic rings. The number of hydrogen-bond donors (Lipinski definition) is 1. The molecule has 0 spiro atoms. The van der Waals surface area contributed by atoms with E-state index in [4.69, 9.17) is 4.74 Å². The fourth-order valence-corrected chi connectivity index (χ4v) is 3.43. The lowest BCUT2D eigenvalue weighted by Crippen LogP contribution is -2.23. The number of benzene rings is 1. The quantitative estimate of drug-likeness (QED) is 0.911. The van der Waals surface area contributed by atoms with Crippen LogP contribution in [0.1, 0.15) is 6.42 Å². The van der Waals surface area contributed by atoms with Crippen LogP contribution < -0.4 is 10.2 Å². The van der Waals surface area contributed by atoms with Crippen LogP contribution in [0.25, 0.3) is 0 Å². The Bertz CT molecular complexity index is 446. The van der Waals surface area contributed by atoms with E-state index < -0.39 is 0 Å². The van der Waals surface area contributed by atoms with Crippen LogP contribution in [0.4, 0.5) is 16.2 Å². The molecule has 0 bridgehead atoms. The highest BCUT2D eigenvalue weighted by atomic mass is 32.2. The predicted molar refractivity (Wildman–Crippen MR) is 74.5 cm³/mol. The number of amides is 1. The van der Waals surface area contributed by atoms with E-state index in [1.807, 2.05) is 36.0 Å². The highest BCUT2D eigenvalue weighted by molar-refractivity contribution is 7.99. The molecule has 2 aliphatic heterocycles. The Kier molecular flexibility index (Phi) is 3.32. The van der Waals surface area contributed by atoms with Crippen LogP contribution in [-0.2, 0) is 4.74 Å². The largest absolute Gasteiger partial charge is 0.447 e. The Balaban J connectivity index is 1.73. The number of thioether (sulfide) groups is 1. The van der Waals surface area contributed by atoms with Gasteiger partial charge in [0.1, 0.15) is 6.61 Å². The molecular weight excluding hydrogens is 248 g/mol. The molecule has 1 atom stereocenters. The van der Waals surface area contributed by atoms with Gasteiger partial charge in [-0.05, 0) is 30.4 Å². The normalized spacial score (nSPS) is 23.2. The average molecular weight is 264 g/mol. The number of cyclic esters (lactones) is 1. The first-order valence-electron chi connectivity index (χ1n) is 6.21. The average Bonchev–Trinajstić information content (AvgIpc) is 3.01. The maximum Gasteiger partial charge on any atom is 0.414 e. The number of rotatable bonds is 3. The number of nitrogens with zero attached hydrogens (tertiary/aromatic N) is 1. The van der Waals surface area contributed by atoms with Crippen molar-refractivity contribution < 1.29 is 9.53 Å². The van der Waals surface area contributed by atoms with Crippen molar-refractivity contribution in [2.75, 3.05) is 34.9 Å². The van der Waals surface area contributed by atoms with Crippen molar-refractivity contribution in [1.29, 1.82) is 0 Å². The molecule has 18 heavy (non-hydrogen) atoms. The van der Waals surface area contributed by atoms with E-state index in [-0.39, 0.29) is 6.09 Å². The van der Waals surface area contributed by atoms with Gasteiger partial charge in [-0.2, -0.15) is 11.8 Å². The van der Waals surface area contributed by atoms with Gasteiger partial charge < -0.3 is 10.1 Å². The van der Waals surface area contributed by atoms with Gasteiger partial charge in [-0.15, -0.1) is 0 Å². The molecule has 2 heterocycles. The second-order valence-corrected chi connectivity index (χ2v) is 5.67. The fraction of sp³-hybridized carbons (Fsp3) is 0.462. The van der Waals surface area contributed by atoms with Crippen molar-refractivity contribution in [2.24, 2.45) is 0 Å². The molecule has 1 amide bonds. The Labute approximate surface area is 111 Å². The fourth-order valence-electron chi connectivity index (χ4n) is 2.28. The number of anilines is 2. The van der Waals surface area contributed by atoms with Crippen LogP contribution in [0.15, 0.2) is 24.3 Å². The van der Waals surface area contributed by atoms with E-state index in [0.29, 0.717) is 19.2 Å². The van der Waals surface area contributed by atoms with Gasteiger partial charge in [0.2, 0.25) is 0 Å². The summed E-state index contributed by atoms with van der Waals surface area (Å²) in [6, 6.07) is 8.55. The molecule has 0 aliphatic carbocycles. The molecule has 96 valence electrons. The molecule has 0 aromatic heterocycles. The van der Waals surface area contributed by atoms with Crippen LogP contribution in [0.3, 0.4) is 0 Å². The Morgan fingerprint density at radius 1 is 1.44 bits per heavy atom. The van der Waals surface area contributed by atoms with Crippen molar-refractivity contribution in [1.82, 2.24) is 0 Å². The molecule has 1 N–H and O–H groups in total. The number of carbonyl (C=O) groups is 1. The van der Waals surface area contributed by atoms with Gasteiger partial charge in [0.05, 0.1) is 6.54 Å². The van der Waals surface area contributed by atoms with Crippen LogP contribution in [0.5, 0.6) is 0 Å². The van der Waals surface area contributed by atoms with Crippen LogP contribution in [0.2, 0.25) is 0 Å². The Morgan fingerprint density at radius 2 is 2.39 bits per heavy atom. The number of carbonyl (C=O) groups excluding carboxylic acids is 1. The summed E-state index contributed by atoms with van der Waals surface area (Å²) < 4.78 is 4.96. The van der Waals surface area contributed by atoms with Crippen molar-refractivity contribution in [3.63, 3.8) is 0 Å². The van der Waals surface area contributed by atoms with Gasteiger partial charge >= 0.3 is 6.09 Å². The zero-order chi connectivity index (χ0) is 12.4. The Morgan fingerprint density at radius 3 is 3.11 bits per heavy atom. The van der Waals surface area contributed by atoms with Gasteiger partial charge in [-0.1, -0.05) is 6.07 Å². The third-order valence-corrected chi connectivity index (χ3v) is 4.38. The first kappa shape index (κ1) is 11.7. The predicted octanol–water partition coefficient (Wildman–Crippen LogP) is 2.56. The minimum Gasteiger partial charge on any atom is -0.447 e. The molecular formula is C13H16N2O2S. The van der Waals surface area contributed by atoms with E-state index in [1.165, 1.54) is 12.2 Å². The highest BCUT2D eigenvalue weighted by Crippen LogP contribution is 2.25. The summed E-state index contributed by atoms with van der Waals surface area (Å²) in [6.07, 6.45) is 0.962. The molecule has 0 radical (unpaired) electrons. The smallest absolute Gasteiger partial charge is 0.414 e. The minimum atomic E-state index is -0.247. The van der Waals surface area contributed by atoms with Gasteiger partial charge in [0, 0.05) is 23.2 Å². The lowest BCUT2D eigenvalue weighted by molar-refractivity contribution is 0.181. The lowest BCUT2D eigenvalue weighted by atomic mass is 10.2. The first-order valence-corrected chi connectivity index (χ1v) is 7.37. The number of hydrogen-bond acceptors (Lipinski definition) is 4. The van der Waals surface area contributed by atoms with E-state index in [1.54, 1.807) is 4.90 Å². The van der Waals surface area contributed by atoms with Crippen molar-refractivity contribution in [3.8, 4) is 0 Å². The lowest BCUT2D eigenvalue weighted by Gasteiger charge is -2.17. The third kappa shape index (κ3) is 2.41. The summed E-state index contributed by atoms with van der Waals surface area (Å²) in [6.45, 7) is 1.12. The summed E-state index contributed by atoms with van der Waals surface area (Å²) in [5.74, 6) is 2.39. The van der Waals surface area contributed by atoms with E-state index in [2.05, 4.69) is 5.32 Å². The van der Waals surface area contributed by atoms with Crippen molar-refractivity contribution in [2.45, 2.75) is 12.5 Å². The highest BCUT2D eigenvalue weighted by Gasteiger charge is 2.23. The standard InChI is InChI=1S/C13H16N2O2S/c16-13-15(5-6-17-13)12-3-1-2-10(8-12)14-11-4-7-18-9-11/h1-3,8,11,14H,4-7,9H2. The van der Waals surface area contributed by atoms with Gasteiger partial charge in [0.25, 0.3) is 0 Å². The maximum atomic E-state index is 11.5. The second-order valence-electron chi connectivity index (χ2n) is 4.52. The minimum absolute atomic E-state index is 0.247. The topological polar surface area (TPSA) is 41.6 Å². The van der Waals surface area contributed by atoms with Crippen molar-refractivity contribution >= 4 is 29.2 Å². The molecule has 1 unspecified atom stereocenters. The van der Waals surface area contributed by atoms with Crippen LogP contribution in [-0.4, -0.2) is 36.8 Å². The molecule has 2 aliphatic rings. The summed E-state index contributed by atoms with van der Waals surface area (Å²) in [4.78, 5) is 13.2.